The molecule has 0 spiro atoms. The SMILES string of the molecule is N#Cc1ccc(N2CCN(C(=O)c3cccs3)CC2)nc1. The van der Waals surface area contributed by atoms with E-state index in [-0.39, 0.29) is 5.91 Å². The summed E-state index contributed by atoms with van der Waals surface area (Å²) in [5, 5.41) is 10.7. The predicted molar refractivity (Wildman–Crippen MR) is 81.4 cm³/mol. The van der Waals surface area contributed by atoms with Gasteiger partial charge in [0.25, 0.3) is 5.91 Å². The lowest BCUT2D eigenvalue weighted by Crippen LogP contribution is -2.48. The molecule has 6 heteroatoms. The number of nitriles is 1. The summed E-state index contributed by atoms with van der Waals surface area (Å²) in [6.45, 7) is 2.91. The fourth-order valence-corrected chi connectivity index (χ4v) is 3.02. The van der Waals surface area contributed by atoms with E-state index in [1.54, 1.807) is 12.3 Å². The Bertz CT molecular complexity index is 652. The van der Waals surface area contributed by atoms with Crippen LogP contribution in [0.1, 0.15) is 15.2 Å². The zero-order valence-electron chi connectivity index (χ0n) is 11.4. The van der Waals surface area contributed by atoms with Gasteiger partial charge < -0.3 is 9.80 Å². The van der Waals surface area contributed by atoms with Crippen LogP contribution in [-0.2, 0) is 0 Å². The van der Waals surface area contributed by atoms with E-state index in [1.807, 2.05) is 28.5 Å². The van der Waals surface area contributed by atoms with Crippen molar-refractivity contribution >= 4 is 23.1 Å². The van der Waals surface area contributed by atoms with Crippen LogP contribution in [0.25, 0.3) is 0 Å². The summed E-state index contributed by atoms with van der Waals surface area (Å²) in [6, 6.07) is 9.45. The zero-order valence-corrected chi connectivity index (χ0v) is 12.2. The number of carbonyl (C=O) groups excluding carboxylic acids is 1. The number of rotatable bonds is 2. The molecule has 21 heavy (non-hydrogen) atoms. The first kappa shape index (κ1) is 13.6. The number of aromatic nitrogens is 1. The van der Waals surface area contributed by atoms with E-state index in [0.717, 1.165) is 23.8 Å². The number of piperazine rings is 1. The van der Waals surface area contributed by atoms with E-state index in [0.29, 0.717) is 18.7 Å². The molecule has 1 aliphatic heterocycles. The van der Waals surface area contributed by atoms with Crippen LogP contribution in [0, 0.1) is 11.3 Å². The Balaban J connectivity index is 1.62. The first-order chi connectivity index (χ1) is 10.3. The Morgan fingerprint density at radius 2 is 2.05 bits per heavy atom. The lowest BCUT2D eigenvalue weighted by Gasteiger charge is -2.35. The highest BCUT2D eigenvalue weighted by Crippen LogP contribution is 2.17. The predicted octanol–water partition coefficient (Wildman–Crippen LogP) is 1.98. The molecule has 0 atom stereocenters. The molecule has 0 saturated carbocycles. The molecule has 106 valence electrons. The number of pyridine rings is 1. The van der Waals surface area contributed by atoms with Gasteiger partial charge in [-0.05, 0) is 23.6 Å². The minimum Gasteiger partial charge on any atom is -0.353 e. The fraction of sp³-hybridized carbons (Fsp3) is 0.267. The normalized spacial score (nSPS) is 14.8. The Labute approximate surface area is 127 Å². The monoisotopic (exact) mass is 298 g/mol. The van der Waals surface area contributed by atoms with Crippen molar-refractivity contribution in [2.24, 2.45) is 0 Å². The quantitative estimate of drug-likeness (QED) is 0.850. The Morgan fingerprint density at radius 3 is 2.62 bits per heavy atom. The second-order valence-electron chi connectivity index (χ2n) is 4.77. The van der Waals surface area contributed by atoms with Crippen molar-refractivity contribution in [1.29, 1.82) is 5.26 Å². The summed E-state index contributed by atoms with van der Waals surface area (Å²) >= 11 is 1.48. The summed E-state index contributed by atoms with van der Waals surface area (Å²) in [5.41, 5.74) is 0.560. The molecule has 2 aromatic heterocycles. The van der Waals surface area contributed by atoms with Gasteiger partial charge in [-0.2, -0.15) is 5.26 Å². The van der Waals surface area contributed by atoms with Crippen molar-refractivity contribution in [3.05, 3.63) is 46.3 Å². The molecule has 1 saturated heterocycles. The molecule has 3 rings (SSSR count). The van der Waals surface area contributed by atoms with Crippen LogP contribution in [0.4, 0.5) is 5.82 Å². The molecule has 3 heterocycles. The molecule has 0 aliphatic carbocycles. The van der Waals surface area contributed by atoms with Gasteiger partial charge in [-0.25, -0.2) is 4.98 Å². The molecule has 0 N–H and O–H groups in total. The zero-order chi connectivity index (χ0) is 14.7. The van der Waals surface area contributed by atoms with E-state index >= 15 is 0 Å². The van der Waals surface area contributed by atoms with Crippen LogP contribution in [0.5, 0.6) is 0 Å². The Hall–Kier alpha value is -2.39. The van der Waals surface area contributed by atoms with E-state index in [2.05, 4.69) is 16.0 Å². The highest BCUT2D eigenvalue weighted by Gasteiger charge is 2.23. The Morgan fingerprint density at radius 1 is 1.24 bits per heavy atom. The highest BCUT2D eigenvalue weighted by atomic mass is 32.1. The van der Waals surface area contributed by atoms with Gasteiger partial charge in [0.1, 0.15) is 11.9 Å². The van der Waals surface area contributed by atoms with Gasteiger partial charge >= 0.3 is 0 Å². The number of carbonyl (C=O) groups is 1. The second kappa shape index (κ2) is 5.94. The summed E-state index contributed by atoms with van der Waals surface area (Å²) in [5.74, 6) is 0.967. The molecule has 0 radical (unpaired) electrons. The Kier molecular flexibility index (Phi) is 3.84. The van der Waals surface area contributed by atoms with Crippen LogP contribution >= 0.6 is 11.3 Å². The van der Waals surface area contributed by atoms with Crippen molar-refractivity contribution in [3.63, 3.8) is 0 Å². The van der Waals surface area contributed by atoms with E-state index < -0.39 is 0 Å². The number of thiophene rings is 1. The molecule has 1 fully saturated rings. The summed E-state index contributed by atoms with van der Waals surface area (Å²) < 4.78 is 0. The lowest BCUT2D eigenvalue weighted by atomic mass is 10.2. The number of amides is 1. The molecular formula is C15H14N4OS. The third kappa shape index (κ3) is 2.88. The van der Waals surface area contributed by atoms with Crippen LogP contribution in [0.2, 0.25) is 0 Å². The van der Waals surface area contributed by atoms with Crippen LogP contribution in [0.15, 0.2) is 35.8 Å². The molecule has 2 aromatic rings. The van der Waals surface area contributed by atoms with Crippen LogP contribution in [-0.4, -0.2) is 42.0 Å². The topological polar surface area (TPSA) is 60.2 Å². The van der Waals surface area contributed by atoms with E-state index in [9.17, 15) is 4.79 Å². The van der Waals surface area contributed by atoms with Gasteiger partial charge in [0.2, 0.25) is 0 Å². The largest absolute Gasteiger partial charge is 0.353 e. The van der Waals surface area contributed by atoms with Gasteiger partial charge in [0.15, 0.2) is 0 Å². The first-order valence-electron chi connectivity index (χ1n) is 6.72. The lowest BCUT2D eigenvalue weighted by molar-refractivity contribution is 0.0751. The van der Waals surface area contributed by atoms with Crippen LogP contribution < -0.4 is 4.90 Å². The van der Waals surface area contributed by atoms with Crippen molar-refractivity contribution < 1.29 is 4.79 Å². The van der Waals surface area contributed by atoms with Crippen molar-refractivity contribution in [2.45, 2.75) is 0 Å². The maximum Gasteiger partial charge on any atom is 0.264 e. The second-order valence-corrected chi connectivity index (χ2v) is 5.72. The van der Waals surface area contributed by atoms with Gasteiger partial charge in [-0.3, -0.25) is 4.79 Å². The maximum atomic E-state index is 12.3. The average Bonchev–Trinajstić information content (AvgIpc) is 3.09. The number of hydrogen-bond acceptors (Lipinski definition) is 5. The molecule has 0 aromatic carbocycles. The summed E-state index contributed by atoms with van der Waals surface area (Å²) in [6.07, 6.45) is 1.58. The van der Waals surface area contributed by atoms with Gasteiger partial charge in [-0.15, -0.1) is 11.3 Å². The number of hydrogen-bond donors (Lipinski definition) is 0. The molecular weight excluding hydrogens is 284 g/mol. The molecule has 1 aliphatic rings. The third-order valence-corrected chi connectivity index (χ3v) is 4.36. The van der Waals surface area contributed by atoms with Crippen molar-refractivity contribution in [1.82, 2.24) is 9.88 Å². The summed E-state index contributed by atoms with van der Waals surface area (Å²) in [7, 11) is 0. The minimum absolute atomic E-state index is 0.109. The minimum atomic E-state index is 0.109. The molecule has 0 bridgehead atoms. The summed E-state index contributed by atoms with van der Waals surface area (Å²) in [4.78, 5) is 21.4. The molecule has 0 unspecified atom stereocenters. The first-order valence-corrected chi connectivity index (χ1v) is 7.60. The number of nitrogens with zero attached hydrogens (tertiary/aromatic N) is 4. The van der Waals surface area contributed by atoms with Crippen molar-refractivity contribution in [3.8, 4) is 6.07 Å². The van der Waals surface area contributed by atoms with Gasteiger partial charge in [-0.1, -0.05) is 6.07 Å². The van der Waals surface area contributed by atoms with Crippen LogP contribution in [0.3, 0.4) is 0 Å². The van der Waals surface area contributed by atoms with E-state index in [4.69, 9.17) is 5.26 Å². The standard InChI is InChI=1S/C15H14N4OS/c16-10-12-3-4-14(17-11-12)18-5-7-19(8-6-18)15(20)13-2-1-9-21-13/h1-4,9,11H,5-8H2. The average molecular weight is 298 g/mol. The van der Waals surface area contributed by atoms with Gasteiger partial charge in [0.05, 0.1) is 10.4 Å². The third-order valence-electron chi connectivity index (χ3n) is 3.50. The number of anilines is 1. The maximum absolute atomic E-state index is 12.3. The molecule has 5 nitrogen and oxygen atoms in total. The van der Waals surface area contributed by atoms with Crippen molar-refractivity contribution in [2.75, 3.05) is 31.1 Å². The van der Waals surface area contributed by atoms with E-state index in [1.165, 1.54) is 11.3 Å². The molecule has 1 amide bonds. The fourth-order valence-electron chi connectivity index (χ4n) is 2.33. The highest BCUT2D eigenvalue weighted by molar-refractivity contribution is 7.12. The smallest absolute Gasteiger partial charge is 0.264 e. The van der Waals surface area contributed by atoms with Gasteiger partial charge in [0, 0.05) is 32.4 Å².